The van der Waals surface area contributed by atoms with E-state index in [0.29, 0.717) is 13.2 Å². The van der Waals surface area contributed by atoms with Crippen molar-refractivity contribution >= 4 is 5.97 Å². The van der Waals surface area contributed by atoms with Gasteiger partial charge in [-0.1, -0.05) is 42.5 Å². The molecule has 1 heterocycles. The van der Waals surface area contributed by atoms with E-state index >= 15 is 0 Å². The lowest BCUT2D eigenvalue weighted by Crippen LogP contribution is -2.07. The topological polar surface area (TPSA) is 64.3 Å². The Morgan fingerprint density at radius 3 is 2.83 bits per heavy atom. The standard InChI is InChI=1S/C19H18N2O3/c22-19(23)13-15-4-3-5-16(12-15)17-6-1-2-7-18(17)24-11-10-21-9-8-20-14-21/h1-9,12,14H,10-11,13H2,(H,22,23). The summed E-state index contributed by atoms with van der Waals surface area (Å²) in [5.41, 5.74) is 2.68. The van der Waals surface area contributed by atoms with Gasteiger partial charge in [0.15, 0.2) is 0 Å². The van der Waals surface area contributed by atoms with E-state index in [1.165, 1.54) is 0 Å². The molecular formula is C19H18N2O3. The van der Waals surface area contributed by atoms with Crippen molar-refractivity contribution in [1.29, 1.82) is 0 Å². The van der Waals surface area contributed by atoms with E-state index in [1.54, 1.807) is 12.5 Å². The van der Waals surface area contributed by atoms with E-state index < -0.39 is 5.97 Å². The van der Waals surface area contributed by atoms with Crippen LogP contribution in [0, 0.1) is 0 Å². The second-order valence-corrected chi connectivity index (χ2v) is 5.42. The lowest BCUT2D eigenvalue weighted by molar-refractivity contribution is -0.136. The number of hydrogen-bond donors (Lipinski definition) is 1. The van der Waals surface area contributed by atoms with Gasteiger partial charge in [-0.05, 0) is 17.2 Å². The van der Waals surface area contributed by atoms with Gasteiger partial charge in [0.05, 0.1) is 19.3 Å². The first kappa shape index (κ1) is 15.8. The molecule has 0 spiro atoms. The fraction of sp³-hybridized carbons (Fsp3) is 0.158. The third kappa shape index (κ3) is 4.01. The molecule has 0 atom stereocenters. The summed E-state index contributed by atoms with van der Waals surface area (Å²) in [5, 5.41) is 8.96. The fourth-order valence-corrected chi connectivity index (χ4v) is 2.53. The van der Waals surface area contributed by atoms with E-state index in [4.69, 9.17) is 9.84 Å². The quantitative estimate of drug-likeness (QED) is 0.725. The fourth-order valence-electron chi connectivity index (χ4n) is 2.53. The summed E-state index contributed by atoms with van der Waals surface area (Å²) in [6.45, 7) is 1.25. The van der Waals surface area contributed by atoms with Crippen LogP contribution < -0.4 is 4.74 Å². The van der Waals surface area contributed by atoms with Crippen LogP contribution in [0.3, 0.4) is 0 Å². The van der Waals surface area contributed by atoms with Crippen molar-refractivity contribution in [2.45, 2.75) is 13.0 Å². The minimum Gasteiger partial charge on any atom is -0.491 e. The SMILES string of the molecule is O=C(O)Cc1cccc(-c2ccccc2OCCn2ccnc2)c1. The van der Waals surface area contributed by atoms with Gasteiger partial charge in [-0.2, -0.15) is 0 Å². The third-order valence-corrected chi connectivity index (χ3v) is 3.65. The van der Waals surface area contributed by atoms with Crippen LogP contribution >= 0.6 is 0 Å². The number of nitrogens with zero attached hydrogens (tertiary/aromatic N) is 2. The molecule has 122 valence electrons. The Bertz CT molecular complexity index is 813. The van der Waals surface area contributed by atoms with Gasteiger partial charge in [-0.3, -0.25) is 4.79 Å². The van der Waals surface area contributed by atoms with Gasteiger partial charge in [0, 0.05) is 18.0 Å². The van der Waals surface area contributed by atoms with E-state index in [0.717, 1.165) is 22.4 Å². The molecule has 5 nitrogen and oxygen atoms in total. The van der Waals surface area contributed by atoms with E-state index in [2.05, 4.69) is 4.98 Å². The summed E-state index contributed by atoms with van der Waals surface area (Å²) in [6, 6.07) is 15.3. The van der Waals surface area contributed by atoms with Crippen molar-refractivity contribution in [2.24, 2.45) is 0 Å². The molecule has 0 fully saturated rings. The smallest absolute Gasteiger partial charge is 0.307 e. The monoisotopic (exact) mass is 322 g/mol. The zero-order chi connectivity index (χ0) is 16.8. The van der Waals surface area contributed by atoms with Gasteiger partial charge >= 0.3 is 5.97 Å². The van der Waals surface area contributed by atoms with Gasteiger partial charge in [0.25, 0.3) is 0 Å². The molecule has 0 aliphatic rings. The Morgan fingerprint density at radius 2 is 2.04 bits per heavy atom. The van der Waals surface area contributed by atoms with E-state index in [1.807, 2.05) is 59.3 Å². The minimum atomic E-state index is -0.836. The van der Waals surface area contributed by atoms with Crippen LogP contribution in [-0.4, -0.2) is 27.2 Å². The molecule has 1 aromatic heterocycles. The van der Waals surface area contributed by atoms with Crippen LogP contribution in [0.5, 0.6) is 5.75 Å². The van der Waals surface area contributed by atoms with Crippen LogP contribution in [0.1, 0.15) is 5.56 Å². The highest BCUT2D eigenvalue weighted by Gasteiger charge is 2.08. The number of ether oxygens (including phenoxy) is 1. The summed E-state index contributed by atoms with van der Waals surface area (Å²) in [4.78, 5) is 14.9. The molecule has 1 N–H and O–H groups in total. The number of para-hydroxylation sites is 1. The Labute approximate surface area is 140 Å². The summed E-state index contributed by atoms with van der Waals surface area (Å²) in [7, 11) is 0. The maximum absolute atomic E-state index is 10.9. The highest BCUT2D eigenvalue weighted by atomic mass is 16.5. The van der Waals surface area contributed by atoms with Crippen LogP contribution in [0.25, 0.3) is 11.1 Å². The Kier molecular flexibility index (Phi) is 4.91. The van der Waals surface area contributed by atoms with Gasteiger partial charge in [0.1, 0.15) is 12.4 Å². The molecule has 3 rings (SSSR count). The lowest BCUT2D eigenvalue weighted by Gasteiger charge is -2.12. The third-order valence-electron chi connectivity index (χ3n) is 3.65. The van der Waals surface area contributed by atoms with Gasteiger partial charge in [-0.25, -0.2) is 4.98 Å². The Morgan fingerprint density at radius 1 is 1.17 bits per heavy atom. The highest BCUT2D eigenvalue weighted by molar-refractivity contribution is 5.74. The summed E-state index contributed by atoms with van der Waals surface area (Å²) in [5.74, 6) is -0.0536. The largest absolute Gasteiger partial charge is 0.491 e. The van der Waals surface area contributed by atoms with Gasteiger partial charge < -0.3 is 14.4 Å². The molecular weight excluding hydrogens is 304 g/mol. The number of hydrogen-bond acceptors (Lipinski definition) is 3. The molecule has 0 aliphatic carbocycles. The molecule has 24 heavy (non-hydrogen) atoms. The first-order chi connectivity index (χ1) is 11.7. The van der Waals surface area contributed by atoms with E-state index in [-0.39, 0.29) is 6.42 Å². The number of benzene rings is 2. The maximum atomic E-state index is 10.9. The zero-order valence-corrected chi connectivity index (χ0v) is 13.1. The molecule has 0 unspecified atom stereocenters. The van der Waals surface area contributed by atoms with E-state index in [9.17, 15) is 4.79 Å². The van der Waals surface area contributed by atoms with Gasteiger partial charge in [0.2, 0.25) is 0 Å². The predicted octanol–water partition coefficient (Wildman–Crippen LogP) is 3.26. The summed E-state index contributed by atoms with van der Waals surface area (Å²) < 4.78 is 7.88. The highest BCUT2D eigenvalue weighted by Crippen LogP contribution is 2.30. The number of carboxylic acids is 1. The predicted molar refractivity (Wildman–Crippen MR) is 90.9 cm³/mol. The first-order valence-electron chi connectivity index (χ1n) is 7.71. The van der Waals surface area contributed by atoms with Crippen molar-refractivity contribution in [3.63, 3.8) is 0 Å². The molecule has 5 heteroatoms. The minimum absolute atomic E-state index is 0.0114. The van der Waals surface area contributed by atoms with Crippen LogP contribution in [0.15, 0.2) is 67.3 Å². The lowest BCUT2D eigenvalue weighted by atomic mass is 10.0. The number of carbonyl (C=O) groups is 1. The summed E-state index contributed by atoms with van der Waals surface area (Å²) >= 11 is 0. The normalized spacial score (nSPS) is 10.5. The first-order valence-corrected chi connectivity index (χ1v) is 7.71. The number of carboxylic acid groups (broad SMARTS) is 1. The van der Waals surface area contributed by atoms with Crippen molar-refractivity contribution in [3.8, 4) is 16.9 Å². The van der Waals surface area contributed by atoms with Crippen molar-refractivity contribution < 1.29 is 14.6 Å². The zero-order valence-electron chi connectivity index (χ0n) is 13.1. The van der Waals surface area contributed by atoms with Crippen LogP contribution in [0.2, 0.25) is 0 Å². The molecule has 0 aliphatic heterocycles. The van der Waals surface area contributed by atoms with Crippen molar-refractivity contribution in [1.82, 2.24) is 9.55 Å². The second-order valence-electron chi connectivity index (χ2n) is 5.42. The molecule has 0 amide bonds. The molecule has 3 aromatic rings. The molecule has 0 bridgehead atoms. The van der Waals surface area contributed by atoms with Crippen molar-refractivity contribution in [3.05, 3.63) is 72.8 Å². The number of aliphatic carboxylic acids is 1. The average Bonchev–Trinajstić information content (AvgIpc) is 3.08. The van der Waals surface area contributed by atoms with Crippen LogP contribution in [0.4, 0.5) is 0 Å². The van der Waals surface area contributed by atoms with Crippen molar-refractivity contribution in [2.75, 3.05) is 6.61 Å². The maximum Gasteiger partial charge on any atom is 0.307 e. The van der Waals surface area contributed by atoms with Gasteiger partial charge in [-0.15, -0.1) is 0 Å². The molecule has 0 saturated heterocycles. The van der Waals surface area contributed by atoms with Crippen LogP contribution in [-0.2, 0) is 17.8 Å². The summed E-state index contributed by atoms with van der Waals surface area (Å²) in [6.07, 6.45) is 5.40. The molecule has 0 radical (unpaired) electrons. The Balaban J connectivity index is 1.77. The average molecular weight is 322 g/mol. The number of imidazole rings is 1. The number of rotatable bonds is 7. The Hall–Kier alpha value is -3.08. The number of aromatic nitrogens is 2. The molecule has 0 saturated carbocycles. The molecule has 2 aromatic carbocycles. The second kappa shape index (κ2) is 7.46.